The molecule has 6 nitrogen and oxygen atoms in total. The van der Waals surface area contributed by atoms with Crippen LogP contribution in [-0.2, 0) is 19.1 Å². The number of anilines is 1. The summed E-state index contributed by atoms with van der Waals surface area (Å²) in [6.45, 7) is 9.16. The van der Waals surface area contributed by atoms with Crippen LogP contribution in [0.15, 0.2) is 24.3 Å². The van der Waals surface area contributed by atoms with Crippen LogP contribution in [0.4, 0.5) is 5.69 Å². The zero-order chi connectivity index (χ0) is 21.1. The van der Waals surface area contributed by atoms with Crippen LogP contribution < -0.4 is 5.32 Å². The topological polar surface area (TPSA) is 75.7 Å². The van der Waals surface area contributed by atoms with Crippen LogP contribution in [0.3, 0.4) is 0 Å². The number of carbonyl (C=O) groups is 3. The average Bonchev–Trinajstić information content (AvgIpc) is 2.60. The molecule has 1 aromatic carbocycles. The van der Waals surface area contributed by atoms with E-state index >= 15 is 0 Å². The van der Waals surface area contributed by atoms with Gasteiger partial charge in [0.05, 0.1) is 11.5 Å². The van der Waals surface area contributed by atoms with Crippen molar-refractivity contribution >= 4 is 46.8 Å². The minimum Gasteiger partial charge on any atom is -0.455 e. The van der Waals surface area contributed by atoms with Crippen molar-refractivity contribution in [2.75, 3.05) is 36.5 Å². The molecule has 0 bridgehead atoms. The third kappa shape index (κ3) is 10.6. The summed E-state index contributed by atoms with van der Waals surface area (Å²) in [5.41, 5.74) is 0.638. The predicted molar refractivity (Wildman–Crippen MR) is 115 cm³/mol. The first-order valence-corrected chi connectivity index (χ1v) is 10.8. The second-order valence-electron chi connectivity index (χ2n) is 7.29. The molecule has 0 aliphatic heterocycles. The zero-order valence-corrected chi connectivity index (χ0v) is 18.4. The lowest BCUT2D eigenvalue weighted by Crippen LogP contribution is -2.39. The quantitative estimate of drug-likeness (QED) is 0.544. The van der Waals surface area contributed by atoms with Crippen molar-refractivity contribution in [3.05, 3.63) is 29.3 Å². The van der Waals surface area contributed by atoms with Gasteiger partial charge in [-0.15, -0.1) is 11.8 Å². The maximum absolute atomic E-state index is 12.3. The van der Waals surface area contributed by atoms with Gasteiger partial charge < -0.3 is 15.0 Å². The lowest BCUT2D eigenvalue weighted by molar-refractivity contribution is -0.150. The van der Waals surface area contributed by atoms with Gasteiger partial charge in [-0.05, 0) is 36.1 Å². The van der Waals surface area contributed by atoms with Gasteiger partial charge in [0.25, 0.3) is 5.91 Å². The van der Waals surface area contributed by atoms with E-state index in [4.69, 9.17) is 16.3 Å². The van der Waals surface area contributed by atoms with Crippen LogP contribution in [-0.4, -0.2) is 53.9 Å². The molecular weight excluding hydrogens is 400 g/mol. The van der Waals surface area contributed by atoms with Crippen molar-refractivity contribution in [2.24, 2.45) is 11.8 Å². The lowest BCUT2D eigenvalue weighted by Gasteiger charge is -2.26. The summed E-state index contributed by atoms with van der Waals surface area (Å²) in [7, 11) is 0. The predicted octanol–water partition coefficient (Wildman–Crippen LogP) is 3.70. The number of benzene rings is 1. The van der Waals surface area contributed by atoms with Crippen LogP contribution in [0.2, 0.25) is 5.02 Å². The van der Waals surface area contributed by atoms with Gasteiger partial charge in [0, 0.05) is 23.8 Å². The first-order valence-electron chi connectivity index (χ1n) is 9.24. The third-order valence-corrected chi connectivity index (χ3v) is 4.62. The fourth-order valence-electron chi connectivity index (χ4n) is 2.39. The first kappa shape index (κ1) is 24.3. The minimum absolute atomic E-state index is 0.00960. The van der Waals surface area contributed by atoms with E-state index in [-0.39, 0.29) is 29.9 Å². The smallest absolute Gasteiger partial charge is 0.316 e. The lowest BCUT2D eigenvalue weighted by atomic mass is 10.1. The van der Waals surface area contributed by atoms with Gasteiger partial charge in [0.15, 0.2) is 6.61 Å². The maximum atomic E-state index is 12.3. The number of thioether (sulfide) groups is 1. The van der Waals surface area contributed by atoms with E-state index in [2.05, 4.69) is 5.32 Å². The van der Waals surface area contributed by atoms with Crippen molar-refractivity contribution < 1.29 is 19.1 Å². The number of amides is 2. The van der Waals surface area contributed by atoms with Gasteiger partial charge in [-0.1, -0.05) is 39.3 Å². The highest BCUT2D eigenvalue weighted by Gasteiger charge is 2.18. The van der Waals surface area contributed by atoms with Crippen LogP contribution in [0.1, 0.15) is 27.7 Å². The molecule has 1 aromatic rings. The molecule has 28 heavy (non-hydrogen) atoms. The molecule has 0 aliphatic rings. The van der Waals surface area contributed by atoms with Gasteiger partial charge in [0.1, 0.15) is 0 Å². The van der Waals surface area contributed by atoms with Crippen molar-refractivity contribution in [3.63, 3.8) is 0 Å². The number of esters is 1. The van der Waals surface area contributed by atoms with Crippen molar-refractivity contribution in [1.29, 1.82) is 0 Å². The van der Waals surface area contributed by atoms with Gasteiger partial charge in [-0.3, -0.25) is 14.4 Å². The van der Waals surface area contributed by atoms with Gasteiger partial charge >= 0.3 is 5.97 Å². The Kier molecular flexibility index (Phi) is 11.0. The molecular formula is C20H29ClN2O4S. The second-order valence-corrected chi connectivity index (χ2v) is 8.72. The molecule has 0 spiro atoms. The Morgan fingerprint density at radius 2 is 1.61 bits per heavy atom. The Balaban J connectivity index is 2.30. The van der Waals surface area contributed by atoms with Crippen LogP contribution in [0.5, 0.6) is 0 Å². The Hall–Kier alpha value is -1.73. The summed E-state index contributed by atoms with van der Waals surface area (Å²) < 4.78 is 5.06. The molecule has 0 saturated heterocycles. The van der Waals surface area contributed by atoms with Gasteiger partial charge in [0.2, 0.25) is 5.91 Å². The molecule has 0 saturated carbocycles. The number of nitrogens with one attached hydrogen (secondary N) is 1. The number of hydrogen-bond acceptors (Lipinski definition) is 5. The van der Waals surface area contributed by atoms with E-state index in [0.717, 1.165) is 11.8 Å². The van der Waals surface area contributed by atoms with E-state index in [1.807, 2.05) is 27.7 Å². The molecule has 0 fully saturated rings. The Morgan fingerprint density at radius 3 is 2.14 bits per heavy atom. The Labute approximate surface area is 176 Å². The van der Waals surface area contributed by atoms with Crippen LogP contribution >= 0.6 is 23.4 Å². The summed E-state index contributed by atoms with van der Waals surface area (Å²) in [5.74, 6) is -0.126. The van der Waals surface area contributed by atoms with Crippen molar-refractivity contribution in [3.8, 4) is 0 Å². The molecule has 8 heteroatoms. The summed E-state index contributed by atoms with van der Waals surface area (Å²) in [6, 6.07) is 6.76. The normalized spacial score (nSPS) is 10.8. The molecule has 156 valence electrons. The van der Waals surface area contributed by atoms with E-state index in [1.165, 1.54) is 0 Å². The molecule has 0 atom stereocenters. The van der Waals surface area contributed by atoms with Crippen LogP contribution in [0.25, 0.3) is 0 Å². The average molecular weight is 429 g/mol. The summed E-state index contributed by atoms with van der Waals surface area (Å²) >= 11 is 6.93. The van der Waals surface area contributed by atoms with Gasteiger partial charge in [-0.25, -0.2) is 0 Å². The van der Waals surface area contributed by atoms with E-state index in [0.29, 0.717) is 35.6 Å². The first-order chi connectivity index (χ1) is 13.2. The van der Waals surface area contributed by atoms with Crippen molar-refractivity contribution in [1.82, 2.24) is 4.90 Å². The monoisotopic (exact) mass is 428 g/mol. The zero-order valence-electron chi connectivity index (χ0n) is 16.9. The maximum Gasteiger partial charge on any atom is 0.316 e. The molecule has 0 unspecified atom stereocenters. The van der Waals surface area contributed by atoms with Crippen LogP contribution in [0, 0.1) is 11.8 Å². The van der Waals surface area contributed by atoms with E-state index in [1.54, 1.807) is 29.2 Å². The highest BCUT2D eigenvalue weighted by molar-refractivity contribution is 8.00. The van der Waals surface area contributed by atoms with E-state index < -0.39 is 5.97 Å². The number of carbonyl (C=O) groups excluding carboxylic acids is 3. The Morgan fingerprint density at radius 1 is 1.04 bits per heavy atom. The highest BCUT2D eigenvalue weighted by Crippen LogP contribution is 2.14. The summed E-state index contributed by atoms with van der Waals surface area (Å²) in [5, 5.41) is 3.30. The second kappa shape index (κ2) is 12.7. The van der Waals surface area contributed by atoms with Crippen molar-refractivity contribution in [2.45, 2.75) is 27.7 Å². The summed E-state index contributed by atoms with van der Waals surface area (Å²) in [6.07, 6.45) is 0. The number of nitrogens with zero attached hydrogens (tertiary/aromatic N) is 1. The third-order valence-electron chi connectivity index (χ3n) is 3.46. The minimum atomic E-state index is -0.508. The molecule has 0 aromatic heterocycles. The molecule has 0 heterocycles. The fourth-order valence-corrected chi connectivity index (χ4v) is 3.13. The number of ether oxygens (including phenoxy) is 1. The number of hydrogen-bond donors (Lipinski definition) is 1. The molecule has 2 amide bonds. The number of halogens is 1. The highest BCUT2D eigenvalue weighted by atomic mass is 35.5. The molecule has 0 radical (unpaired) electrons. The van der Waals surface area contributed by atoms with Gasteiger partial charge in [-0.2, -0.15) is 0 Å². The Bertz CT molecular complexity index is 640. The summed E-state index contributed by atoms with van der Waals surface area (Å²) in [4.78, 5) is 37.7. The standard InChI is InChI=1S/C20H29ClN2O4S/c1-14(2)9-23(10-15(3)4)19(25)11-27-20(26)13-28-12-18(24)22-17-7-5-16(21)6-8-17/h5-8,14-15H,9-13H2,1-4H3,(H,22,24). The number of rotatable bonds is 11. The fraction of sp³-hybridized carbons (Fsp3) is 0.550. The molecule has 0 aliphatic carbocycles. The van der Waals surface area contributed by atoms with E-state index in [9.17, 15) is 14.4 Å². The molecule has 1 N–H and O–H groups in total. The SMILES string of the molecule is CC(C)CN(CC(C)C)C(=O)COC(=O)CSCC(=O)Nc1ccc(Cl)cc1. The largest absolute Gasteiger partial charge is 0.455 e. The molecule has 1 rings (SSSR count).